The summed E-state index contributed by atoms with van der Waals surface area (Å²) in [6.45, 7) is 7.32. The van der Waals surface area contributed by atoms with Crippen LogP contribution in [0.15, 0.2) is 78.6 Å². The fourth-order valence-electron chi connectivity index (χ4n) is 4.11. The Kier molecular flexibility index (Phi) is 7.38. The first kappa shape index (κ1) is 25.6. The summed E-state index contributed by atoms with van der Waals surface area (Å²) in [7, 11) is 0. The Morgan fingerprint density at radius 2 is 1.57 bits per heavy atom. The molecule has 2 aromatic carbocycles. The van der Waals surface area contributed by atoms with Crippen LogP contribution in [0.4, 0.5) is 5.69 Å². The van der Waals surface area contributed by atoms with Crippen LogP contribution in [-0.2, 0) is 14.3 Å². The van der Waals surface area contributed by atoms with E-state index in [1.165, 1.54) is 17.0 Å². The molecule has 0 bridgehead atoms. The highest BCUT2D eigenvalue weighted by Gasteiger charge is 2.47. The number of ether oxygens (including phenoxy) is 2. The minimum atomic E-state index is -0.922. The second-order valence-electron chi connectivity index (χ2n) is 9.15. The van der Waals surface area contributed by atoms with Crippen LogP contribution < -0.4 is 9.64 Å². The molecule has 1 aliphatic rings. The molecule has 1 unspecified atom stereocenters. The van der Waals surface area contributed by atoms with Gasteiger partial charge in [-0.25, -0.2) is 4.79 Å². The summed E-state index contributed by atoms with van der Waals surface area (Å²) in [5.74, 6) is -1.79. The number of nitrogens with zero attached hydrogens (tertiary/aromatic N) is 2. The molecule has 1 atom stereocenters. The second kappa shape index (κ2) is 10.7. The summed E-state index contributed by atoms with van der Waals surface area (Å²) in [5.41, 5.74) is 1.56. The van der Waals surface area contributed by atoms with Crippen LogP contribution in [0, 0.1) is 0 Å². The third-order valence-electron chi connectivity index (χ3n) is 5.67. The van der Waals surface area contributed by atoms with Crippen molar-refractivity contribution in [2.24, 2.45) is 0 Å². The number of esters is 1. The number of Topliss-reactive ketones (excluding diaryl/α,β-unsaturated/α-hetero) is 1. The molecule has 0 spiro atoms. The highest BCUT2D eigenvalue weighted by Crippen LogP contribution is 2.42. The lowest BCUT2D eigenvalue weighted by molar-refractivity contribution is -0.132. The first-order valence-corrected chi connectivity index (χ1v) is 12.0. The predicted molar refractivity (Wildman–Crippen MR) is 138 cm³/mol. The summed E-state index contributed by atoms with van der Waals surface area (Å²) in [6.07, 6.45) is 2.83. The number of rotatable bonds is 7. The number of hydrogen-bond acceptors (Lipinski definition) is 7. The SMILES string of the molecule is CC(C)OC(=O)c1ccc(N2C(=O)C(=O)/C(=C(/O)c3ccc(OC(C)C)cc3)C2c2cccnc2)cc1. The summed E-state index contributed by atoms with van der Waals surface area (Å²) >= 11 is 0. The van der Waals surface area contributed by atoms with Crippen molar-refractivity contribution in [2.45, 2.75) is 45.9 Å². The van der Waals surface area contributed by atoms with E-state index in [9.17, 15) is 19.5 Å². The smallest absolute Gasteiger partial charge is 0.338 e. The maximum atomic E-state index is 13.3. The summed E-state index contributed by atoms with van der Waals surface area (Å²) in [5, 5.41) is 11.2. The van der Waals surface area contributed by atoms with Gasteiger partial charge in [0.15, 0.2) is 0 Å². The van der Waals surface area contributed by atoms with Crippen LogP contribution in [0.1, 0.15) is 55.2 Å². The number of carbonyl (C=O) groups excluding carboxylic acids is 3. The van der Waals surface area contributed by atoms with Gasteiger partial charge in [0.05, 0.1) is 29.4 Å². The molecule has 1 aromatic heterocycles. The molecule has 1 amide bonds. The zero-order valence-corrected chi connectivity index (χ0v) is 21.0. The molecule has 190 valence electrons. The fraction of sp³-hybridized carbons (Fsp3) is 0.241. The average molecular weight is 501 g/mol. The van der Waals surface area contributed by atoms with E-state index in [1.54, 1.807) is 74.8 Å². The Labute approximate surface area is 215 Å². The largest absolute Gasteiger partial charge is 0.507 e. The fourth-order valence-corrected chi connectivity index (χ4v) is 4.11. The second-order valence-corrected chi connectivity index (χ2v) is 9.15. The van der Waals surface area contributed by atoms with Crippen molar-refractivity contribution in [1.29, 1.82) is 0 Å². The van der Waals surface area contributed by atoms with Crippen molar-refractivity contribution in [3.05, 3.63) is 95.3 Å². The number of ketones is 1. The van der Waals surface area contributed by atoms with E-state index in [-0.39, 0.29) is 23.5 Å². The summed E-state index contributed by atoms with van der Waals surface area (Å²) in [4.78, 5) is 44.3. The molecule has 1 aliphatic heterocycles. The first-order valence-electron chi connectivity index (χ1n) is 12.0. The lowest BCUT2D eigenvalue weighted by Gasteiger charge is -2.25. The summed E-state index contributed by atoms with van der Waals surface area (Å²) in [6, 6.07) is 15.4. The van der Waals surface area contributed by atoms with Gasteiger partial charge in [-0.1, -0.05) is 6.07 Å². The molecular formula is C29H28N2O6. The van der Waals surface area contributed by atoms with Crippen molar-refractivity contribution < 1.29 is 29.0 Å². The van der Waals surface area contributed by atoms with E-state index in [0.29, 0.717) is 28.1 Å². The van der Waals surface area contributed by atoms with Crippen molar-refractivity contribution in [1.82, 2.24) is 4.98 Å². The van der Waals surface area contributed by atoms with Gasteiger partial charge in [0.1, 0.15) is 11.5 Å². The van der Waals surface area contributed by atoms with Gasteiger partial charge in [0.2, 0.25) is 0 Å². The highest BCUT2D eigenvalue weighted by atomic mass is 16.5. The molecule has 0 aliphatic carbocycles. The van der Waals surface area contributed by atoms with Gasteiger partial charge in [-0.3, -0.25) is 19.5 Å². The van der Waals surface area contributed by atoms with Gasteiger partial charge in [-0.15, -0.1) is 0 Å². The number of amides is 1. The molecule has 1 saturated heterocycles. The van der Waals surface area contributed by atoms with Gasteiger partial charge in [0, 0.05) is 23.6 Å². The molecular weight excluding hydrogens is 472 g/mol. The van der Waals surface area contributed by atoms with E-state index >= 15 is 0 Å². The van der Waals surface area contributed by atoms with E-state index < -0.39 is 23.7 Å². The molecule has 8 nitrogen and oxygen atoms in total. The number of aromatic nitrogens is 1. The maximum absolute atomic E-state index is 13.3. The van der Waals surface area contributed by atoms with Crippen LogP contribution >= 0.6 is 0 Å². The van der Waals surface area contributed by atoms with Gasteiger partial charge >= 0.3 is 5.97 Å². The third-order valence-corrected chi connectivity index (χ3v) is 5.67. The van der Waals surface area contributed by atoms with E-state index in [4.69, 9.17) is 9.47 Å². The number of hydrogen-bond donors (Lipinski definition) is 1. The Hall–Kier alpha value is -4.46. The molecule has 0 saturated carbocycles. The number of anilines is 1. The van der Waals surface area contributed by atoms with Crippen LogP contribution in [0.25, 0.3) is 5.76 Å². The Bertz CT molecular complexity index is 1330. The highest BCUT2D eigenvalue weighted by molar-refractivity contribution is 6.51. The number of aliphatic hydroxyl groups excluding tert-OH is 1. The van der Waals surface area contributed by atoms with E-state index in [2.05, 4.69) is 4.98 Å². The van der Waals surface area contributed by atoms with Crippen molar-refractivity contribution in [2.75, 3.05) is 4.90 Å². The topological polar surface area (TPSA) is 106 Å². The maximum Gasteiger partial charge on any atom is 0.338 e. The number of pyridine rings is 1. The van der Waals surface area contributed by atoms with E-state index in [1.807, 2.05) is 13.8 Å². The lowest BCUT2D eigenvalue weighted by atomic mass is 9.96. The first-order chi connectivity index (χ1) is 17.7. The Morgan fingerprint density at radius 1 is 0.919 bits per heavy atom. The number of aliphatic hydroxyl groups is 1. The molecule has 2 heterocycles. The monoisotopic (exact) mass is 500 g/mol. The molecule has 37 heavy (non-hydrogen) atoms. The molecule has 1 fully saturated rings. The van der Waals surface area contributed by atoms with Gasteiger partial charge in [-0.2, -0.15) is 0 Å². The minimum absolute atomic E-state index is 0.0195. The molecule has 4 rings (SSSR count). The zero-order valence-electron chi connectivity index (χ0n) is 21.0. The van der Waals surface area contributed by atoms with Crippen LogP contribution in [0.2, 0.25) is 0 Å². The number of benzene rings is 2. The minimum Gasteiger partial charge on any atom is -0.507 e. The van der Waals surface area contributed by atoms with Crippen molar-refractivity contribution in [3.63, 3.8) is 0 Å². The predicted octanol–water partition coefficient (Wildman–Crippen LogP) is 5.06. The standard InChI is InChI=1S/C29H28N2O6/c1-17(2)36-23-13-9-19(10-14-23)26(32)24-25(21-6-5-15-30-16-21)31(28(34)27(24)33)22-11-7-20(8-12-22)29(35)37-18(3)4/h5-18,25,32H,1-4H3/b26-24+. The van der Waals surface area contributed by atoms with Crippen molar-refractivity contribution in [3.8, 4) is 5.75 Å². The molecule has 0 radical (unpaired) electrons. The van der Waals surface area contributed by atoms with Gasteiger partial charge < -0.3 is 14.6 Å². The average Bonchev–Trinajstić information content (AvgIpc) is 3.14. The van der Waals surface area contributed by atoms with Crippen LogP contribution in [-0.4, -0.2) is 40.0 Å². The molecule has 3 aromatic rings. The molecule has 8 heteroatoms. The van der Waals surface area contributed by atoms with Gasteiger partial charge in [0.25, 0.3) is 11.7 Å². The van der Waals surface area contributed by atoms with Crippen molar-refractivity contribution >= 4 is 29.1 Å². The third kappa shape index (κ3) is 5.38. The quantitative estimate of drug-likeness (QED) is 0.209. The zero-order chi connectivity index (χ0) is 26.7. The lowest BCUT2D eigenvalue weighted by Crippen LogP contribution is -2.29. The summed E-state index contributed by atoms with van der Waals surface area (Å²) < 4.78 is 10.9. The van der Waals surface area contributed by atoms with Crippen LogP contribution in [0.5, 0.6) is 5.75 Å². The number of carbonyl (C=O) groups is 3. The Balaban J connectivity index is 1.78. The molecule has 1 N–H and O–H groups in total. The van der Waals surface area contributed by atoms with Gasteiger partial charge in [-0.05, 0) is 87.9 Å². The Morgan fingerprint density at radius 3 is 2.14 bits per heavy atom. The normalized spacial score (nSPS) is 16.9. The van der Waals surface area contributed by atoms with E-state index in [0.717, 1.165) is 0 Å². The van der Waals surface area contributed by atoms with Crippen LogP contribution in [0.3, 0.4) is 0 Å².